The lowest BCUT2D eigenvalue weighted by molar-refractivity contribution is 0.141. The number of halogens is 1. The van der Waals surface area contributed by atoms with Crippen LogP contribution >= 0.6 is 35.7 Å². The Morgan fingerprint density at radius 2 is 2.00 bits per heavy atom. The molecule has 1 saturated carbocycles. The average Bonchev–Trinajstić information content (AvgIpc) is 3.42. The van der Waals surface area contributed by atoms with Gasteiger partial charge in [-0.05, 0) is 64.1 Å². The van der Waals surface area contributed by atoms with Crippen LogP contribution in [-0.2, 0) is 0 Å². The van der Waals surface area contributed by atoms with Crippen LogP contribution in [0, 0.1) is 5.92 Å². The Morgan fingerprint density at radius 1 is 1.26 bits per heavy atom. The van der Waals surface area contributed by atoms with Gasteiger partial charge in [0.05, 0.1) is 0 Å². The number of hydrogen-bond acceptors (Lipinski definition) is 3. The van der Waals surface area contributed by atoms with Gasteiger partial charge in [0.15, 0.2) is 5.96 Å². The molecule has 152 valence electrons. The van der Waals surface area contributed by atoms with Crippen molar-refractivity contribution in [1.29, 1.82) is 0 Å². The predicted molar refractivity (Wildman–Crippen MR) is 128 cm³/mol. The molecule has 1 aliphatic carbocycles. The summed E-state index contributed by atoms with van der Waals surface area (Å²) in [6, 6.07) is 11.4. The number of benzene rings is 1. The summed E-state index contributed by atoms with van der Waals surface area (Å²) in [4.78, 5) is 8.40. The lowest BCUT2D eigenvalue weighted by atomic mass is 9.97. The highest BCUT2D eigenvalue weighted by Crippen LogP contribution is 2.51. The molecule has 6 heteroatoms. The first-order valence-corrected chi connectivity index (χ1v) is 10.8. The highest BCUT2D eigenvalue weighted by atomic mass is 127. The van der Waals surface area contributed by atoms with E-state index in [2.05, 4.69) is 64.7 Å². The molecular weight excluding hydrogens is 467 g/mol. The summed E-state index contributed by atoms with van der Waals surface area (Å²) < 4.78 is 0.345. The molecule has 2 fully saturated rings. The zero-order valence-corrected chi connectivity index (χ0v) is 20.1. The van der Waals surface area contributed by atoms with Crippen molar-refractivity contribution in [2.45, 2.75) is 55.2 Å². The van der Waals surface area contributed by atoms with Crippen molar-refractivity contribution in [3.8, 4) is 0 Å². The molecule has 1 aromatic carbocycles. The molecule has 0 amide bonds. The molecule has 0 spiro atoms. The standard InChI is InChI=1S/C21H34N4S.HI/c1-17(2)25-13-7-8-18(15-25)14-23-20(22-3)24-16-21(11-12-21)26-19-9-5-4-6-10-19;/h4-6,9-10,17-18H,7-8,11-16H2,1-3H3,(H2,22,23,24);1H. The van der Waals surface area contributed by atoms with Crippen molar-refractivity contribution in [3.05, 3.63) is 30.3 Å². The van der Waals surface area contributed by atoms with Crippen LogP contribution < -0.4 is 10.6 Å². The van der Waals surface area contributed by atoms with Gasteiger partial charge in [-0.1, -0.05) is 18.2 Å². The first kappa shape index (κ1) is 22.8. The van der Waals surface area contributed by atoms with E-state index >= 15 is 0 Å². The number of aliphatic imine (C=N–C) groups is 1. The minimum Gasteiger partial charge on any atom is -0.356 e. The smallest absolute Gasteiger partial charge is 0.191 e. The molecule has 4 nitrogen and oxygen atoms in total. The number of likely N-dealkylation sites (tertiary alicyclic amines) is 1. The fourth-order valence-corrected chi connectivity index (χ4v) is 4.88. The minimum absolute atomic E-state index is 0. The van der Waals surface area contributed by atoms with Gasteiger partial charge in [-0.25, -0.2) is 0 Å². The Hall–Kier alpha value is -0.470. The Morgan fingerprint density at radius 3 is 2.63 bits per heavy atom. The molecule has 1 aliphatic heterocycles. The Bertz CT molecular complexity index is 589. The second-order valence-electron chi connectivity index (χ2n) is 8.00. The maximum Gasteiger partial charge on any atom is 0.191 e. The molecule has 27 heavy (non-hydrogen) atoms. The second-order valence-corrected chi connectivity index (χ2v) is 9.54. The van der Waals surface area contributed by atoms with Gasteiger partial charge >= 0.3 is 0 Å². The summed E-state index contributed by atoms with van der Waals surface area (Å²) in [5.41, 5.74) is 0. The molecule has 0 aromatic heterocycles. The molecule has 0 radical (unpaired) electrons. The summed E-state index contributed by atoms with van der Waals surface area (Å²) >= 11 is 2.01. The van der Waals surface area contributed by atoms with Gasteiger partial charge in [0.1, 0.15) is 0 Å². The number of piperidine rings is 1. The number of hydrogen-bond donors (Lipinski definition) is 2. The predicted octanol–water partition coefficient (Wildman–Crippen LogP) is 4.21. The molecule has 1 atom stereocenters. The summed E-state index contributed by atoms with van der Waals surface area (Å²) in [5.74, 6) is 1.67. The summed E-state index contributed by atoms with van der Waals surface area (Å²) in [5, 5.41) is 7.14. The maximum atomic E-state index is 4.44. The number of nitrogens with zero attached hydrogens (tertiary/aromatic N) is 2. The SMILES string of the molecule is CN=C(NCC1CCCN(C(C)C)C1)NCC1(Sc2ccccc2)CC1.I. The van der Waals surface area contributed by atoms with Gasteiger partial charge in [-0.3, -0.25) is 4.99 Å². The molecule has 1 unspecified atom stereocenters. The molecule has 2 N–H and O–H groups in total. The molecular formula is C21H35IN4S. The lowest BCUT2D eigenvalue weighted by Crippen LogP contribution is -2.47. The zero-order chi connectivity index (χ0) is 18.4. The van der Waals surface area contributed by atoms with E-state index in [-0.39, 0.29) is 24.0 Å². The average molecular weight is 503 g/mol. The largest absolute Gasteiger partial charge is 0.356 e. The zero-order valence-electron chi connectivity index (χ0n) is 16.9. The van der Waals surface area contributed by atoms with E-state index in [9.17, 15) is 0 Å². The summed E-state index contributed by atoms with van der Waals surface area (Å²) in [6.45, 7) is 9.05. The summed E-state index contributed by atoms with van der Waals surface area (Å²) in [7, 11) is 1.88. The third-order valence-electron chi connectivity index (χ3n) is 5.53. The fourth-order valence-electron chi connectivity index (χ4n) is 3.63. The van der Waals surface area contributed by atoms with Crippen LogP contribution in [0.1, 0.15) is 39.5 Å². The first-order chi connectivity index (χ1) is 12.6. The number of thioether (sulfide) groups is 1. The van der Waals surface area contributed by atoms with E-state index in [1.54, 1.807) is 0 Å². The molecule has 1 heterocycles. The molecule has 0 bridgehead atoms. The van der Waals surface area contributed by atoms with Gasteiger partial charge in [0.25, 0.3) is 0 Å². The van der Waals surface area contributed by atoms with E-state index in [1.807, 2.05) is 18.8 Å². The topological polar surface area (TPSA) is 39.7 Å². The van der Waals surface area contributed by atoms with Crippen LogP contribution in [-0.4, -0.2) is 54.9 Å². The molecule has 1 saturated heterocycles. The van der Waals surface area contributed by atoms with Crippen molar-refractivity contribution in [2.24, 2.45) is 10.9 Å². The number of nitrogens with one attached hydrogen (secondary N) is 2. The van der Waals surface area contributed by atoms with Crippen molar-refractivity contribution in [1.82, 2.24) is 15.5 Å². The number of rotatable bonds is 7. The Labute approximate surface area is 186 Å². The molecule has 3 rings (SSSR count). The summed E-state index contributed by atoms with van der Waals surface area (Å²) in [6.07, 6.45) is 5.19. The van der Waals surface area contributed by atoms with Gasteiger partial charge < -0.3 is 15.5 Å². The second kappa shape index (κ2) is 10.9. The Kier molecular flexibility index (Phi) is 9.22. The van der Waals surface area contributed by atoms with Gasteiger partial charge in [-0.15, -0.1) is 35.7 Å². The monoisotopic (exact) mass is 502 g/mol. The van der Waals surface area contributed by atoms with Crippen molar-refractivity contribution < 1.29 is 0 Å². The van der Waals surface area contributed by atoms with Crippen LogP contribution in [0.2, 0.25) is 0 Å². The third kappa shape index (κ3) is 7.13. The van der Waals surface area contributed by atoms with Crippen molar-refractivity contribution in [2.75, 3.05) is 33.2 Å². The first-order valence-electron chi connectivity index (χ1n) is 10.0. The highest BCUT2D eigenvalue weighted by Gasteiger charge is 2.43. The quantitative estimate of drug-likeness (QED) is 0.333. The minimum atomic E-state index is 0. The third-order valence-corrected chi connectivity index (χ3v) is 7.02. The van der Waals surface area contributed by atoms with E-state index < -0.39 is 0 Å². The Balaban J connectivity index is 0.00000261. The van der Waals surface area contributed by atoms with Gasteiger partial charge in [-0.2, -0.15) is 0 Å². The van der Waals surface area contributed by atoms with Crippen LogP contribution in [0.15, 0.2) is 40.2 Å². The van der Waals surface area contributed by atoms with Gasteiger partial charge in [0, 0.05) is 42.4 Å². The molecule has 2 aliphatic rings. The van der Waals surface area contributed by atoms with E-state index in [4.69, 9.17) is 0 Å². The lowest BCUT2D eigenvalue weighted by Gasteiger charge is -2.35. The molecule has 1 aromatic rings. The van der Waals surface area contributed by atoms with Crippen molar-refractivity contribution in [3.63, 3.8) is 0 Å². The van der Waals surface area contributed by atoms with Gasteiger partial charge in [0.2, 0.25) is 0 Å². The van der Waals surface area contributed by atoms with Crippen LogP contribution in [0.25, 0.3) is 0 Å². The van der Waals surface area contributed by atoms with Crippen LogP contribution in [0.3, 0.4) is 0 Å². The number of guanidine groups is 1. The highest BCUT2D eigenvalue weighted by molar-refractivity contribution is 14.0. The van der Waals surface area contributed by atoms with Crippen LogP contribution in [0.5, 0.6) is 0 Å². The van der Waals surface area contributed by atoms with Crippen molar-refractivity contribution >= 4 is 41.7 Å². The fraction of sp³-hybridized carbons (Fsp3) is 0.667. The normalized spacial score (nSPS) is 22.2. The van der Waals surface area contributed by atoms with Crippen LogP contribution in [0.4, 0.5) is 0 Å². The van der Waals surface area contributed by atoms with E-state index in [1.165, 1.54) is 43.7 Å². The van der Waals surface area contributed by atoms with E-state index in [0.29, 0.717) is 10.8 Å². The van der Waals surface area contributed by atoms with E-state index in [0.717, 1.165) is 25.0 Å². The maximum absolute atomic E-state index is 4.44.